The zero-order chi connectivity index (χ0) is 20.3. The van der Waals surface area contributed by atoms with Gasteiger partial charge in [0.15, 0.2) is 0 Å². The molecule has 0 aliphatic heterocycles. The second-order valence-corrected chi connectivity index (χ2v) is 6.59. The topological polar surface area (TPSA) is 88.8 Å². The molecular weight excluding hydrogens is 370 g/mol. The van der Waals surface area contributed by atoms with Crippen LogP contribution in [0, 0.1) is 6.92 Å². The lowest BCUT2D eigenvalue weighted by Gasteiger charge is -2.27. The number of aliphatic hydroxyl groups is 1. The second kappa shape index (κ2) is 7.89. The van der Waals surface area contributed by atoms with Crippen molar-refractivity contribution >= 4 is 11.4 Å². The van der Waals surface area contributed by atoms with Gasteiger partial charge in [-0.15, -0.1) is 0 Å². The number of aryl methyl sites for hydroxylation is 1. The van der Waals surface area contributed by atoms with Crippen molar-refractivity contribution < 1.29 is 23.4 Å². The third-order valence-electron chi connectivity index (χ3n) is 4.33. The molecule has 1 unspecified atom stereocenters. The van der Waals surface area contributed by atoms with Crippen molar-refractivity contribution in [2.45, 2.75) is 32.4 Å². The number of pyridine rings is 2. The number of fused-ring (bicyclic) bond motifs is 1. The van der Waals surface area contributed by atoms with Crippen LogP contribution in [0.15, 0.2) is 42.7 Å². The Morgan fingerprint density at radius 3 is 2.82 bits per heavy atom. The lowest BCUT2D eigenvalue weighted by molar-refractivity contribution is 0.00620. The number of nitrogens with zero attached hydrogens (tertiary/aromatic N) is 3. The van der Waals surface area contributed by atoms with Crippen LogP contribution in [0.4, 0.5) is 8.78 Å². The van der Waals surface area contributed by atoms with Crippen molar-refractivity contribution in [2.75, 3.05) is 6.61 Å². The van der Waals surface area contributed by atoms with Gasteiger partial charge in [-0.05, 0) is 32.0 Å². The molecule has 28 heavy (non-hydrogen) atoms. The predicted molar refractivity (Wildman–Crippen MR) is 97.5 cm³/mol. The summed E-state index contributed by atoms with van der Waals surface area (Å²) in [7, 11) is 0. The van der Waals surface area contributed by atoms with Crippen molar-refractivity contribution in [1.29, 1.82) is 0 Å². The van der Waals surface area contributed by atoms with Crippen molar-refractivity contribution in [1.82, 2.24) is 19.9 Å². The van der Waals surface area contributed by atoms with Gasteiger partial charge < -0.3 is 15.2 Å². The number of alkyl halides is 2. The van der Waals surface area contributed by atoms with Gasteiger partial charge in [-0.1, -0.05) is 6.07 Å². The van der Waals surface area contributed by atoms with Crippen LogP contribution in [-0.2, 0) is 6.61 Å². The summed E-state index contributed by atoms with van der Waals surface area (Å²) in [6, 6.07) is 8.76. The maximum absolute atomic E-state index is 13.2. The SMILES string of the molecule is Cc1nn2ccc(OCc3ccccn3)cc2c1C(=O)NC(C)(CO)C(F)F. The minimum absolute atomic E-state index is 0.142. The monoisotopic (exact) mass is 390 g/mol. The Hall–Kier alpha value is -3.07. The highest BCUT2D eigenvalue weighted by Crippen LogP contribution is 2.23. The van der Waals surface area contributed by atoms with Gasteiger partial charge >= 0.3 is 0 Å². The summed E-state index contributed by atoms with van der Waals surface area (Å²) in [4.78, 5) is 16.8. The average molecular weight is 390 g/mol. The van der Waals surface area contributed by atoms with E-state index in [1.807, 2.05) is 12.1 Å². The molecule has 0 aliphatic carbocycles. The van der Waals surface area contributed by atoms with E-state index >= 15 is 0 Å². The molecule has 2 N–H and O–H groups in total. The van der Waals surface area contributed by atoms with Gasteiger partial charge in [0.2, 0.25) is 0 Å². The van der Waals surface area contributed by atoms with Crippen LogP contribution in [0.3, 0.4) is 0 Å². The second-order valence-electron chi connectivity index (χ2n) is 6.59. The molecule has 3 heterocycles. The van der Waals surface area contributed by atoms with Crippen LogP contribution in [0.25, 0.3) is 5.52 Å². The molecule has 3 aromatic rings. The molecule has 0 aliphatic rings. The Morgan fingerprint density at radius 1 is 1.39 bits per heavy atom. The lowest BCUT2D eigenvalue weighted by Crippen LogP contribution is -2.54. The van der Waals surface area contributed by atoms with Crippen LogP contribution in [0.5, 0.6) is 5.75 Å². The van der Waals surface area contributed by atoms with Crippen LogP contribution in [0.1, 0.15) is 28.7 Å². The summed E-state index contributed by atoms with van der Waals surface area (Å²) < 4.78 is 33.6. The molecule has 3 aromatic heterocycles. The molecular formula is C19H20F2N4O3. The largest absolute Gasteiger partial charge is 0.487 e. The number of nitrogens with one attached hydrogen (secondary N) is 1. The first kappa shape index (κ1) is 19.7. The number of ether oxygens (including phenoxy) is 1. The molecule has 0 spiro atoms. The molecule has 0 bridgehead atoms. The quantitative estimate of drug-likeness (QED) is 0.647. The smallest absolute Gasteiger partial charge is 0.263 e. The fraction of sp³-hybridized carbons (Fsp3) is 0.316. The molecule has 9 heteroatoms. The van der Waals surface area contributed by atoms with Crippen molar-refractivity contribution in [3.63, 3.8) is 0 Å². The van der Waals surface area contributed by atoms with Crippen molar-refractivity contribution in [3.8, 4) is 5.75 Å². The van der Waals surface area contributed by atoms with E-state index in [4.69, 9.17) is 4.74 Å². The van der Waals surface area contributed by atoms with E-state index in [9.17, 15) is 18.7 Å². The van der Waals surface area contributed by atoms with Gasteiger partial charge in [0.25, 0.3) is 12.3 Å². The van der Waals surface area contributed by atoms with Crippen LogP contribution >= 0.6 is 0 Å². The molecule has 0 saturated heterocycles. The minimum Gasteiger partial charge on any atom is -0.487 e. The number of hydrogen-bond donors (Lipinski definition) is 2. The maximum Gasteiger partial charge on any atom is 0.263 e. The highest BCUT2D eigenvalue weighted by Gasteiger charge is 2.37. The summed E-state index contributed by atoms with van der Waals surface area (Å²) in [6.45, 7) is 2.03. The zero-order valence-corrected chi connectivity index (χ0v) is 15.4. The number of carbonyl (C=O) groups is 1. The first-order valence-electron chi connectivity index (χ1n) is 8.57. The van der Waals surface area contributed by atoms with Gasteiger partial charge in [0.1, 0.15) is 17.9 Å². The molecule has 0 saturated carbocycles. The number of aromatic nitrogens is 3. The fourth-order valence-electron chi connectivity index (χ4n) is 2.64. The normalized spacial score (nSPS) is 13.5. The molecule has 0 radical (unpaired) electrons. The zero-order valence-electron chi connectivity index (χ0n) is 15.4. The van der Waals surface area contributed by atoms with E-state index in [1.54, 1.807) is 37.5 Å². The van der Waals surface area contributed by atoms with Gasteiger partial charge in [-0.25, -0.2) is 13.3 Å². The highest BCUT2D eigenvalue weighted by molar-refractivity contribution is 6.02. The molecule has 3 rings (SSSR count). The van der Waals surface area contributed by atoms with E-state index in [0.717, 1.165) is 12.6 Å². The standard InChI is InChI=1S/C19H20F2N4O3/c1-12-16(17(27)23-19(2,11-26)18(20)21)15-9-14(6-8-25(15)24-12)28-10-13-5-3-4-7-22-13/h3-9,18,26H,10-11H2,1-2H3,(H,23,27). The van der Waals surface area contributed by atoms with Gasteiger partial charge in [0.05, 0.1) is 29.1 Å². The van der Waals surface area contributed by atoms with Crippen LogP contribution in [-0.4, -0.2) is 44.2 Å². The Labute approximate surface area is 160 Å². The van der Waals surface area contributed by atoms with Gasteiger partial charge in [0, 0.05) is 18.5 Å². The van der Waals surface area contributed by atoms with E-state index in [0.29, 0.717) is 17.0 Å². The number of rotatable bonds is 7. The fourth-order valence-corrected chi connectivity index (χ4v) is 2.64. The first-order chi connectivity index (χ1) is 13.3. The summed E-state index contributed by atoms with van der Waals surface area (Å²) in [5.41, 5.74) is -0.397. The van der Waals surface area contributed by atoms with E-state index in [1.165, 1.54) is 4.52 Å². The number of hydrogen-bond acceptors (Lipinski definition) is 5. The number of amides is 1. The van der Waals surface area contributed by atoms with Gasteiger partial charge in [-0.2, -0.15) is 5.10 Å². The van der Waals surface area contributed by atoms with Crippen molar-refractivity contribution in [2.24, 2.45) is 0 Å². The Kier molecular flexibility index (Phi) is 5.55. The predicted octanol–water partition coefficient (Wildman–Crippen LogP) is 2.36. The van der Waals surface area contributed by atoms with E-state index in [2.05, 4.69) is 15.4 Å². The summed E-state index contributed by atoms with van der Waals surface area (Å²) in [6.07, 6.45) is 0.345. The summed E-state index contributed by atoms with van der Waals surface area (Å²) >= 11 is 0. The number of aliphatic hydroxyl groups excluding tert-OH is 1. The summed E-state index contributed by atoms with van der Waals surface area (Å²) in [5, 5.41) is 15.7. The Morgan fingerprint density at radius 2 is 2.18 bits per heavy atom. The first-order valence-corrected chi connectivity index (χ1v) is 8.57. The third-order valence-corrected chi connectivity index (χ3v) is 4.33. The highest BCUT2D eigenvalue weighted by atomic mass is 19.3. The van der Waals surface area contributed by atoms with E-state index < -0.39 is 24.5 Å². The molecule has 0 aromatic carbocycles. The molecule has 1 amide bonds. The number of halogens is 2. The Balaban J connectivity index is 1.88. The Bertz CT molecular complexity index is 978. The average Bonchev–Trinajstić information content (AvgIpc) is 3.02. The number of carbonyl (C=O) groups excluding carboxylic acids is 1. The van der Waals surface area contributed by atoms with Gasteiger partial charge in [-0.3, -0.25) is 9.78 Å². The summed E-state index contributed by atoms with van der Waals surface area (Å²) in [5.74, 6) is -0.267. The molecule has 0 fully saturated rings. The van der Waals surface area contributed by atoms with Crippen molar-refractivity contribution in [3.05, 3.63) is 59.7 Å². The molecule has 1 atom stereocenters. The molecule has 148 valence electrons. The lowest BCUT2D eigenvalue weighted by atomic mass is 10.0. The van der Waals surface area contributed by atoms with Crippen LogP contribution < -0.4 is 10.1 Å². The van der Waals surface area contributed by atoms with Crippen LogP contribution in [0.2, 0.25) is 0 Å². The maximum atomic E-state index is 13.2. The minimum atomic E-state index is -2.93. The molecule has 7 nitrogen and oxygen atoms in total. The van der Waals surface area contributed by atoms with E-state index in [-0.39, 0.29) is 12.2 Å². The third kappa shape index (κ3) is 3.94.